The Kier molecular flexibility index (Phi) is 9.57. The molecule has 7 nitrogen and oxygen atoms in total. The minimum absolute atomic E-state index is 0.0469. The average Bonchev–Trinajstić information content (AvgIpc) is 2.88. The van der Waals surface area contributed by atoms with Crippen LogP contribution in [0.4, 0.5) is 0 Å². The molecule has 0 spiro atoms. The molecule has 0 amide bonds. The van der Waals surface area contributed by atoms with E-state index in [4.69, 9.17) is 14.2 Å². The number of benzene rings is 3. The van der Waals surface area contributed by atoms with Crippen LogP contribution in [0.1, 0.15) is 70.7 Å². The highest BCUT2D eigenvalue weighted by molar-refractivity contribution is 5.93. The molecule has 3 aromatic carbocycles. The lowest BCUT2D eigenvalue weighted by Crippen LogP contribution is -2.30. The van der Waals surface area contributed by atoms with Gasteiger partial charge in [-0.25, -0.2) is 9.59 Å². The molecule has 0 aliphatic heterocycles. The van der Waals surface area contributed by atoms with Crippen molar-refractivity contribution in [3.8, 4) is 11.5 Å². The van der Waals surface area contributed by atoms with Gasteiger partial charge in [0.15, 0.2) is 11.5 Å². The molecule has 0 heterocycles. The Balaban J connectivity index is 1.96. The highest BCUT2D eigenvalue weighted by atomic mass is 16.6. The molecule has 0 saturated heterocycles. The molecule has 0 aromatic heterocycles. The van der Waals surface area contributed by atoms with Gasteiger partial charge in [-0.2, -0.15) is 0 Å². The van der Waals surface area contributed by atoms with E-state index in [1.54, 1.807) is 49.4 Å². The van der Waals surface area contributed by atoms with E-state index >= 15 is 0 Å². The molecule has 0 fully saturated rings. The van der Waals surface area contributed by atoms with Crippen LogP contribution in [0.5, 0.6) is 11.5 Å². The van der Waals surface area contributed by atoms with Crippen molar-refractivity contribution in [2.75, 3.05) is 6.54 Å². The van der Waals surface area contributed by atoms with Gasteiger partial charge < -0.3 is 19.5 Å². The first-order valence-corrected chi connectivity index (χ1v) is 12.3. The van der Waals surface area contributed by atoms with Gasteiger partial charge in [0.2, 0.25) is 0 Å². The zero-order valence-corrected chi connectivity index (χ0v) is 21.9. The third-order valence-electron chi connectivity index (χ3n) is 5.59. The Hall–Kier alpha value is -3.97. The van der Waals surface area contributed by atoms with Gasteiger partial charge in [-0.05, 0) is 55.8 Å². The van der Waals surface area contributed by atoms with Gasteiger partial charge in [0.05, 0.1) is 11.1 Å². The molecule has 0 bridgehead atoms. The lowest BCUT2D eigenvalue weighted by atomic mass is 10.1. The van der Waals surface area contributed by atoms with Crippen LogP contribution in [-0.4, -0.2) is 30.5 Å². The van der Waals surface area contributed by atoms with Gasteiger partial charge in [-0.1, -0.05) is 62.2 Å². The van der Waals surface area contributed by atoms with Crippen LogP contribution in [-0.2, 0) is 9.53 Å². The van der Waals surface area contributed by atoms with Gasteiger partial charge in [0.1, 0.15) is 6.10 Å². The Morgan fingerprint density at radius 2 is 1.27 bits per heavy atom. The van der Waals surface area contributed by atoms with Crippen LogP contribution in [0.15, 0.2) is 66.7 Å². The van der Waals surface area contributed by atoms with Crippen LogP contribution >= 0.6 is 0 Å². The summed E-state index contributed by atoms with van der Waals surface area (Å²) in [7, 11) is 0. The number of ether oxygens (including phenoxy) is 3. The predicted octanol–water partition coefficient (Wildman–Crippen LogP) is 5.73. The van der Waals surface area contributed by atoms with Crippen molar-refractivity contribution in [3.63, 3.8) is 0 Å². The molecule has 0 aliphatic carbocycles. The molecule has 0 saturated carbocycles. The molecular formula is C30H33NO6. The van der Waals surface area contributed by atoms with E-state index in [0.29, 0.717) is 23.2 Å². The van der Waals surface area contributed by atoms with Crippen LogP contribution in [0.2, 0.25) is 0 Å². The van der Waals surface area contributed by atoms with E-state index in [1.165, 1.54) is 0 Å². The van der Waals surface area contributed by atoms with Crippen LogP contribution < -0.4 is 14.8 Å². The second-order valence-electron chi connectivity index (χ2n) is 9.11. The summed E-state index contributed by atoms with van der Waals surface area (Å²) in [4.78, 5) is 37.8. The quantitative estimate of drug-likeness (QED) is 0.279. The standard InChI is InChI=1S/C30H33NO6/c1-6-28(32)35-27(18-31-19(2)3)24-15-16-25(36-29(33)22-11-7-20(4)8-12-22)26(17-24)37-30(34)23-13-9-21(5)10-14-23/h7-17,19,27,31H,6,18H2,1-5H3. The maximum absolute atomic E-state index is 12.9. The first-order chi connectivity index (χ1) is 17.7. The van der Waals surface area contributed by atoms with Crippen molar-refractivity contribution < 1.29 is 28.6 Å². The van der Waals surface area contributed by atoms with E-state index in [0.717, 1.165) is 11.1 Å². The monoisotopic (exact) mass is 503 g/mol. The van der Waals surface area contributed by atoms with E-state index in [1.807, 2.05) is 52.0 Å². The van der Waals surface area contributed by atoms with Crippen molar-refractivity contribution in [1.29, 1.82) is 0 Å². The topological polar surface area (TPSA) is 90.9 Å². The third kappa shape index (κ3) is 8.02. The Morgan fingerprint density at radius 1 is 0.757 bits per heavy atom. The van der Waals surface area contributed by atoms with Gasteiger partial charge >= 0.3 is 17.9 Å². The summed E-state index contributed by atoms with van der Waals surface area (Å²) >= 11 is 0. The van der Waals surface area contributed by atoms with Crippen molar-refractivity contribution >= 4 is 17.9 Å². The summed E-state index contributed by atoms with van der Waals surface area (Å²) in [5, 5.41) is 3.27. The maximum atomic E-state index is 12.9. The van der Waals surface area contributed by atoms with Crippen molar-refractivity contribution in [3.05, 3.63) is 94.5 Å². The minimum atomic E-state index is -0.631. The number of hydrogen-bond donors (Lipinski definition) is 1. The van der Waals surface area contributed by atoms with Gasteiger partial charge in [-0.3, -0.25) is 4.79 Å². The molecule has 3 aromatic rings. The van der Waals surface area contributed by atoms with Gasteiger partial charge in [0, 0.05) is 19.0 Å². The minimum Gasteiger partial charge on any atom is -0.456 e. The summed E-state index contributed by atoms with van der Waals surface area (Å²) < 4.78 is 17.0. The SMILES string of the molecule is CCC(=O)OC(CNC(C)C)c1ccc(OC(=O)c2ccc(C)cc2)c(OC(=O)c2ccc(C)cc2)c1. The second kappa shape index (κ2) is 12.8. The molecule has 1 unspecified atom stereocenters. The van der Waals surface area contributed by atoms with Gasteiger partial charge in [0.25, 0.3) is 0 Å². The number of carbonyl (C=O) groups is 3. The number of carbonyl (C=O) groups excluding carboxylic acids is 3. The van der Waals surface area contributed by atoms with Crippen molar-refractivity contribution in [2.24, 2.45) is 0 Å². The van der Waals surface area contributed by atoms with E-state index in [9.17, 15) is 14.4 Å². The summed E-state index contributed by atoms with van der Waals surface area (Å²) in [6, 6.07) is 18.9. The fraction of sp³-hybridized carbons (Fsp3) is 0.300. The van der Waals surface area contributed by atoms with Crippen LogP contribution in [0, 0.1) is 13.8 Å². The van der Waals surface area contributed by atoms with Crippen molar-refractivity contribution in [2.45, 2.75) is 53.2 Å². The van der Waals surface area contributed by atoms with E-state index in [2.05, 4.69) is 5.32 Å². The molecular weight excluding hydrogens is 470 g/mol. The molecule has 194 valence electrons. The Morgan fingerprint density at radius 3 is 1.76 bits per heavy atom. The second-order valence-corrected chi connectivity index (χ2v) is 9.11. The maximum Gasteiger partial charge on any atom is 0.343 e. The molecule has 7 heteroatoms. The zero-order valence-electron chi connectivity index (χ0n) is 21.9. The number of hydrogen-bond acceptors (Lipinski definition) is 7. The van der Waals surface area contributed by atoms with Crippen molar-refractivity contribution in [1.82, 2.24) is 5.32 Å². The van der Waals surface area contributed by atoms with E-state index in [-0.39, 0.29) is 29.9 Å². The Bertz CT molecular complexity index is 1230. The predicted molar refractivity (Wildman–Crippen MR) is 141 cm³/mol. The third-order valence-corrected chi connectivity index (χ3v) is 5.59. The molecule has 1 N–H and O–H groups in total. The molecule has 0 aliphatic rings. The summed E-state index contributed by atoms with van der Waals surface area (Å²) in [5.41, 5.74) is 3.32. The number of aryl methyl sites for hydroxylation is 2. The number of rotatable bonds is 10. The fourth-order valence-corrected chi connectivity index (χ4v) is 3.40. The highest BCUT2D eigenvalue weighted by Gasteiger charge is 2.22. The molecule has 1 atom stereocenters. The average molecular weight is 504 g/mol. The molecule has 37 heavy (non-hydrogen) atoms. The van der Waals surface area contributed by atoms with Crippen LogP contribution in [0.25, 0.3) is 0 Å². The van der Waals surface area contributed by atoms with Gasteiger partial charge in [-0.15, -0.1) is 0 Å². The van der Waals surface area contributed by atoms with Crippen LogP contribution in [0.3, 0.4) is 0 Å². The Labute approximate surface area is 217 Å². The summed E-state index contributed by atoms with van der Waals surface area (Å²) in [6.45, 7) is 9.90. The smallest absolute Gasteiger partial charge is 0.343 e. The van der Waals surface area contributed by atoms with E-state index < -0.39 is 18.0 Å². The first kappa shape index (κ1) is 27.6. The summed E-state index contributed by atoms with van der Waals surface area (Å²) in [6.07, 6.45) is -0.409. The lowest BCUT2D eigenvalue weighted by Gasteiger charge is -2.21. The molecule has 0 radical (unpaired) electrons. The summed E-state index contributed by atoms with van der Waals surface area (Å²) in [5.74, 6) is -1.43. The zero-order chi connectivity index (χ0) is 26.9. The number of esters is 3. The molecule has 3 rings (SSSR count). The largest absolute Gasteiger partial charge is 0.456 e. The first-order valence-electron chi connectivity index (χ1n) is 12.3. The number of nitrogens with one attached hydrogen (secondary N) is 1. The fourth-order valence-electron chi connectivity index (χ4n) is 3.40. The lowest BCUT2D eigenvalue weighted by molar-refractivity contribution is -0.149. The highest BCUT2D eigenvalue weighted by Crippen LogP contribution is 2.33. The normalized spacial score (nSPS) is 11.6.